The summed E-state index contributed by atoms with van der Waals surface area (Å²) in [4.78, 5) is 23.3. The fourth-order valence-corrected chi connectivity index (χ4v) is 2.16. The zero-order chi connectivity index (χ0) is 16.2. The number of carbonyl (C=O) groups is 2. The number of amides is 1. The van der Waals surface area contributed by atoms with Crippen LogP contribution in [0.1, 0.15) is 37.0 Å². The van der Waals surface area contributed by atoms with Crippen molar-refractivity contribution in [3.63, 3.8) is 0 Å². The average molecular weight is 320 g/mol. The van der Waals surface area contributed by atoms with Crippen molar-refractivity contribution in [2.75, 3.05) is 6.54 Å². The Morgan fingerprint density at radius 2 is 1.76 bits per heavy atom. The molecule has 0 aliphatic heterocycles. The molecule has 0 aromatic heterocycles. The smallest absolute Gasteiger partial charge is 0.311 e. The van der Waals surface area contributed by atoms with E-state index in [9.17, 15) is 23.5 Å². The highest BCUT2D eigenvalue weighted by Crippen LogP contribution is 2.26. The van der Waals surface area contributed by atoms with Crippen molar-refractivity contribution in [1.82, 2.24) is 5.32 Å². The summed E-state index contributed by atoms with van der Waals surface area (Å²) in [6.45, 7) is 3.28. The van der Waals surface area contributed by atoms with Gasteiger partial charge in [0, 0.05) is 6.54 Å². The second-order valence-electron chi connectivity index (χ2n) is 4.72. The van der Waals surface area contributed by atoms with Gasteiger partial charge in [0.05, 0.1) is 16.0 Å². The van der Waals surface area contributed by atoms with Crippen molar-refractivity contribution in [3.05, 3.63) is 34.4 Å². The van der Waals surface area contributed by atoms with Crippen LogP contribution in [0.3, 0.4) is 0 Å². The Kier molecular flexibility index (Phi) is 5.66. The van der Waals surface area contributed by atoms with Gasteiger partial charge in [0.1, 0.15) is 0 Å². The molecule has 0 atom stereocenters. The Bertz CT molecular complexity index is 559. The lowest BCUT2D eigenvalue weighted by atomic mass is 9.82. The van der Waals surface area contributed by atoms with E-state index in [4.69, 9.17) is 11.6 Å². The number of hydrogen-bond acceptors (Lipinski definition) is 2. The SMILES string of the molecule is CCC(CC)(CNC(=O)c1cc(F)c(F)cc1Cl)C(=O)O. The summed E-state index contributed by atoms with van der Waals surface area (Å²) >= 11 is 5.69. The van der Waals surface area contributed by atoms with Crippen LogP contribution in [0.25, 0.3) is 0 Å². The van der Waals surface area contributed by atoms with Crippen LogP contribution in [0, 0.1) is 17.0 Å². The van der Waals surface area contributed by atoms with Gasteiger partial charge in [-0.05, 0) is 25.0 Å². The number of carboxylic acid groups (broad SMARTS) is 1. The molecule has 0 aliphatic carbocycles. The Hall–Kier alpha value is -1.69. The molecule has 4 nitrogen and oxygen atoms in total. The Morgan fingerprint density at radius 3 is 2.24 bits per heavy atom. The van der Waals surface area contributed by atoms with E-state index in [-0.39, 0.29) is 17.1 Å². The average Bonchev–Trinajstić information content (AvgIpc) is 2.44. The van der Waals surface area contributed by atoms with Crippen molar-refractivity contribution in [1.29, 1.82) is 0 Å². The normalized spacial score (nSPS) is 11.3. The number of hydrogen-bond donors (Lipinski definition) is 2. The maximum atomic E-state index is 13.1. The highest BCUT2D eigenvalue weighted by atomic mass is 35.5. The zero-order valence-corrected chi connectivity index (χ0v) is 12.4. The highest BCUT2D eigenvalue weighted by Gasteiger charge is 2.35. The number of aliphatic carboxylic acids is 1. The molecule has 0 aliphatic rings. The molecule has 2 N–H and O–H groups in total. The minimum atomic E-state index is -1.19. The van der Waals surface area contributed by atoms with Gasteiger partial charge >= 0.3 is 5.97 Å². The van der Waals surface area contributed by atoms with Crippen LogP contribution >= 0.6 is 11.6 Å². The first kappa shape index (κ1) is 17.4. The molecule has 1 amide bonds. The van der Waals surface area contributed by atoms with Crippen LogP contribution in [-0.4, -0.2) is 23.5 Å². The Labute approximate surface area is 126 Å². The van der Waals surface area contributed by atoms with Crippen LogP contribution in [0.15, 0.2) is 12.1 Å². The lowest BCUT2D eigenvalue weighted by molar-refractivity contribution is -0.149. The van der Waals surface area contributed by atoms with Gasteiger partial charge in [-0.1, -0.05) is 25.4 Å². The van der Waals surface area contributed by atoms with E-state index in [1.165, 1.54) is 0 Å². The third-order valence-corrected chi connectivity index (χ3v) is 3.96. The molecule has 0 spiro atoms. The molecule has 1 aromatic rings. The molecule has 0 fully saturated rings. The van der Waals surface area contributed by atoms with Crippen molar-refractivity contribution >= 4 is 23.5 Å². The summed E-state index contributed by atoms with van der Waals surface area (Å²) in [5, 5.41) is 11.4. The van der Waals surface area contributed by atoms with Gasteiger partial charge in [0.25, 0.3) is 5.91 Å². The number of carbonyl (C=O) groups excluding carboxylic acids is 1. The summed E-state index contributed by atoms with van der Waals surface area (Å²) < 4.78 is 26.1. The van der Waals surface area contributed by atoms with E-state index in [0.29, 0.717) is 25.0 Å². The summed E-state index contributed by atoms with van der Waals surface area (Å²) in [6, 6.07) is 1.39. The van der Waals surface area contributed by atoms with E-state index in [0.717, 1.165) is 0 Å². The minimum absolute atomic E-state index is 0.122. The number of nitrogens with one attached hydrogen (secondary N) is 1. The van der Waals surface area contributed by atoms with E-state index in [2.05, 4.69) is 5.32 Å². The fraction of sp³-hybridized carbons (Fsp3) is 0.429. The van der Waals surface area contributed by atoms with E-state index in [1.54, 1.807) is 13.8 Å². The largest absolute Gasteiger partial charge is 0.481 e. The molecular weight excluding hydrogens is 304 g/mol. The predicted octanol–water partition coefficient (Wildman–Crippen LogP) is 3.24. The van der Waals surface area contributed by atoms with Gasteiger partial charge in [-0.25, -0.2) is 8.78 Å². The number of benzene rings is 1. The van der Waals surface area contributed by atoms with Gasteiger partial charge in [0.15, 0.2) is 11.6 Å². The zero-order valence-electron chi connectivity index (χ0n) is 11.7. The van der Waals surface area contributed by atoms with E-state index >= 15 is 0 Å². The van der Waals surface area contributed by atoms with E-state index in [1.807, 2.05) is 0 Å². The summed E-state index contributed by atoms with van der Waals surface area (Å²) in [5.74, 6) is -4.12. The monoisotopic (exact) mass is 319 g/mol. The molecule has 1 rings (SSSR count). The molecule has 0 heterocycles. The van der Waals surface area contributed by atoms with Crippen molar-refractivity contribution in [3.8, 4) is 0 Å². The first-order valence-electron chi connectivity index (χ1n) is 6.43. The van der Waals surface area contributed by atoms with Crippen LogP contribution in [0.5, 0.6) is 0 Å². The van der Waals surface area contributed by atoms with Crippen molar-refractivity contribution in [2.24, 2.45) is 5.41 Å². The van der Waals surface area contributed by atoms with Gasteiger partial charge in [-0.2, -0.15) is 0 Å². The molecule has 0 bridgehead atoms. The summed E-state index contributed by atoms with van der Waals surface area (Å²) in [6.07, 6.45) is 0.648. The molecule has 21 heavy (non-hydrogen) atoms. The van der Waals surface area contributed by atoms with Crippen LogP contribution in [0.2, 0.25) is 5.02 Å². The third kappa shape index (κ3) is 3.69. The third-order valence-electron chi connectivity index (χ3n) is 3.65. The maximum absolute atomic E-state index is 13.1. The molecule has 0 saturated carbocycles. The second-order valence-corrected chi connectivity index (χ2v) is 5.13. The molecule has 0 unspecified atom stereocenters. The van der Waals surface area contributed by atoms with E-state index < -0.39 is 28.9 Å². The van der Waals surface area contributed by atoms with Gasteiger partial charge in [-0.15, -0.1) is 0 Å². The highest BCUT2D eigenvalue weighted by molar-refractivity contribution is 6.33. The van der Waals surface area contributed by atoms with Crippen molar-refractivity contribution < 1.29 is 23.5 Å². The summed E-state index contributed by atoms with van der Waals surface area (Å²) in [7, 11) is 0. The molecule has 116 valence electrons. The topological polar surface area (TPSA) is 66.4 Å². The standard InChI is InChI=1S/C14H16ClF2NO3/c1-3-14(4-2,13(20)21)7-18-12(19)8-5-10(16)11(17)6-9(8)15/h5-6H,3-4,7H2,1-2H3,(H,18,19)(H,20,21). The van der Waals surface area contributed by atoms with Crippen LogP contribution in [-0.2, 0) is 4.79 Å². The first-order valence-corrected chi connectivity index (χ1v) is 6.81. The number of carboxylic acids is 1. The van der Waals surface area contributed by atoms with Crippen LogP contribution in [0.4, 0.5) is 8.78 Å². The molecule has 0 radical (unpaired) electrons. The molecule has 7 heteroatoms. The van der Waals surface area contributed by atoms with Gasteiger partial charge in [0.2, 0.25) is 0 Å². The van der Waals surface area contributed by atoms with Gasteiger partial charge in [-0.3, -0.25) is 9.59 Å². The maximum Gasteiger partial charge on any atom is 0.311 e. The van der Waals surface area contributed by atoms with Crippen molar-refractivity contribution in [2.45, 2.75) is 26.7 Å². The molecule has 0 saturated heterocycles. The fourth-order valence-electron chi connectivity index (χ4n) is 1.92. The first-order chi connectivity index (χ1) is 9.77. The second kappa shape index (κ2) is 6.85. The summed E-state index contributed by atoms with van der Waals surface area (Å²) in [5.41, 5.74) is -1.33. The minimum Gasteiger partial charge on any atom is -0.481 e. The number of rotatable bonds is 6. The predicted molar refractivity (Wildman–Crippen MR) is 74.4 cm³/mol. The quantitative estimate of drug-likeness (QED) is 0.791. The lowest BCUT2D eigenvalue weighted by Gasteiger charge is -2.26. The molecular formula is C14H16ClF2NO3. The van der Waals surface area contributed by atoms with Crippen LogP contribution < -0.4 is 5.32 Å². The number of halogens is 3. The lowest BCUT2D eigenvalue weighted by Crippen LogP contribution is -2.42. The Balaban J connectivity index is 2.92. The van der Waals surface area contributed by atoms with Gasteiger partial charge < -0.3 is 10.4 Å². The Morgan fingerprint density at radius 1 is 1.24 bits per heavy atom. The molecule has 1 aromatic carbocycles.